The Hall–Kier alpha value is -1.91. The van der Waals surface area contributed by atoms with Crippen LogP contribution in [0, 0.1) is 5.92 Å². The maximum Gasteiger partial charge on any atom is 0.121 e. The molecule has 3 aromatic rings. The number of nitrogens with one attached hydrogen (secondary N) is 1. The third kappa shape index (κ3) is 3.71. The van der Waals surface area contributed by atoms with E-state index in [1.54, 1.807) is 18.4 Å². The van der Waals surface area contributed by atoms with Gasteiger partial charge >= 0.3 is 0 Å². The average Bonchev–Trinajstić information content (AvgIpc) is 3.07. The molecule has 1 N–H and O–H groups in total. The molecule has 3 rings (SSSR count). The molecule has 0 aliphatic heterocycles. The quantitative estimate of drug-likeness (QED) is 0.712. The predicted molar refractivity (Wildman–Crippen MR) is 98.2 cm³/mol. The summed E-state index contributed by atoms with van der Waals surface area (Å²) in [5.74, 6) is 1.48. The minimum absolute atomic E-state index is 0.636. The smallest absolute Gasteiger partial charge is 0.121 e. The standard InChI is InChI=1S/C19H22N2OS/c1-13(2)10-20-11-16-8-14-4-5-17(22-3)9-18(14)21-19(16)15-6-7-23-12-15/h4-9,12-13,20H,10-11H2,1-3H3. The maximum atomic E-state index is 5.32. The molecule has 3 nitrogen and oxygen atoms in total. The van der Waals surface area contributed by atoms with Gasteiger partial charge in [0.25, 0.3) is 0 Å². The number of methoxy groups -OCH3 is 1. The fourth-order valence-electron chi connectivity index (χ4n) is 2.60. The Morgan fingerprint density at radius 3 is 2.78 bits per heavy atom. The van der Waals surface area contributed by atoms with Gasteiger partial charge in [-0.1, -0.05) is 13.8 Å². The lowest BCUT2D eigenvalue weighted by atomic mass is 10.0. The lowest BCUT2D eigenvalue weighted by molar-refractivity contribution is 0.415. The maximum absolute atomic E-state index is 5.32. The largest absolute Gasteiger partial charge is 0.497 e. The first-order valence-corrected chi connectivity index (χ1v) is 8.82. The van der Waals surface area contributed by atoms with Crippen LogP contribution < -0.4 is 10.1 Å². The van der Waals surface area contributed by atoms with E-state index >= 15 is 0 Å². The summed E-state index contributed by atoms with van der Waals surface area (Å²) in [6.07, 6.45) is 0. The summed E-state index contributed by atoms with van der Waals surface area (Å²) < 4.78 is 5.32. The molecule has 0 aliphatic carbocycles. The monoisotopic (exact) mass is 326 g/mol. The summed E-state index contributed by atoms with van der Waals surface area (Å²) in [5, 5.41) is 8.92. The van der Waals surface area contributed by atoms with Crippen molar-refractivity contribution in [3.63, 3.8) is 0 Å². The fourth-order valence-corrected chi connectivity index (χ4v) is 3.24. The number of benzene rings is 1. The topological polar surface area (TPSA) is 34.1 Å². The molecule has 120 valence electrons. The zero-order valence-electron chi connectivity index (χ0n) is 13.8. The van der Waals surface area contributed by atoms with Gasteiger partial charge in [-0.3, -0.25) is 0 Å². The third-order valence-electron chi connectivity index (χ3n) is 3.77. The van der Waals surface area contributed by atoms with Crippen molar-refractivity contribution in [3.8, 4) is 17.0 Å². The molecule has 0 unspecified atom stereocenters. The second-order valence-corrected chi connectivity index (χ2v) is 6.87. The van der Waals surface area contributed by atoms with Gasteiger partial charge in [0.05, 0.1) is 18.3 Å². The molecule has 23 heavy (non-hydrogen) atoms. The average molecular weight is 326 g/mol. The van der Waals surface area contributed by atoms with Crippen molar-refractivity contribution in [3.05, 3.63) is 46.7 Å². The first kappa shape index (κ1) is 16.0. The highest BCUT2D eigenvalue weighted by molar-refractivity contribution is 7.08. The van der Waals surface area contributed by atoms with Crippen LogP contribution in [0.5, 0.6) is 5.75 Å². The normalized spacial score (nSPS) is 11.3. The van der Waals surface area contributed by atoms with Gasteiger partial charge in [-0.05, 0) is 47.7 Å². The molecule has 0 amide bonds. The minimum atomic E-state index is 0.636. The number of nitrogens with zero attached hydrogens (tertiary/aromatic N) is 1. The SMILES string of the molecule is COc1ccc2cc(CNCC(C)C)c(-c3ccsc3)nc2c1. The molecule has 0 saturated carbocycles. The Bertz CT molecular complexity index is 781. The molecule has 0 saturated heterocycles. The van der Waals surface area contributed by atoms with Gasteiger partial charge in [0.2, 0.25) is 0 Å². The Morgan fingerprint density at radius 1 is 1.22 bits per heavy atom. The van der Waals surface area contributed by atoms with E-state index in [0.29, 0.717) is 5.92 Å². The molecule has 0 spiro atoms. The summed E-state index contributed by atoms with van der Waals surface area (Å²) in [6, 6.07) is 10.4. The predicted octanol–water partition coefficient (Wildman–Crippen LogP) is 4.72. The van der Waals surface area contributed by atoms with E-state index in [4.69, 9.17) is 9.72 Å². The van der Waals surface area contributed by atoms with Gasteiger partial charge in [-0.25, -0.2) is 4.98 Å². The number of aromatic nitrogens is 1. The molecule has 2 aromatic heterocycles. The fraction of sp³-hybridized carbons (Fsp3) is 0.316. The second-order valence-electron chi connectivity index (χ2n) is 6.09. The van der Waals surface area contributed by atoms with Crippen molar-refractivity contribution >= 4 is 22.2 Å². The van der Waals surface area contributed by atoms with Crippen LogP contribution in [0.2, 0.25) is 0 Å². The number of rotatable bonds is 6. The number of pyridine rings is 1. The molecule has 0 aliphatic rings. The second kappa shape index (κ2) is 7.11. The van der Waals surface area contributed by atoms with Crippen molar-refractivity contribution in [1.29, 1.82) is 0 Å². The Balaban J connectivity index is 2.03. The highest BCUT2D eigenvalue weighted by atomic mass is 32.1. The highest BCUT2D eigenvalue weighted by Gasteiger charge is 2.10. The van der Waals surface area contributed by atoms with Gasteiger partial charge in [-0.2, -0.15) is 11.3 Å². The number of thiophene rings is 1. The summed E-state index contributed by atoms with van der Waals surface area (Å²) in [4.78, 5) is 4.91. The van der Waals surface area contributed by atoms with E-state index < -0.39 is 0 Å². The van der Waals surface area contributed by atoms with Crippen LogP contribution >= 0.6 is 11.3 Å². The third-order valence-corrected chi connectivity index (χ3v) is 4.45. The summed E-state index contributed by atoms with van der Waals surface area (Å²) in [5.41, 5.74) is 4.45. The molecular formula is C19H22N2OS. The van der Waals surface area contributed by atoms with Crippen molar-refractivity contribution < 1.29 is 4.74 Å². The van der Waals surface area contributed by atoms with Crippen LogP contribution in [0.1, 0.15) is 19.4 Å². The molecule has 2 heterocycles. The van der Waals surface area contributed by atoms with Crippen LogP contribution in [-0.4, -0.2) is 18.6 Å². The Morgan fingerprint density at radius 2 is 2.09 bits per heavy atom. The van der Waals surface area contributed by atoms with Gasteiger partial charge in [-0.15, -0.1) is 0 Å². The molecular weight excluding hydrogens is 304 g/mol. The number of hydrogen-bond donors (Lipinski definition) is 1. The number of hydrogen-bond acceptors (Lipinski definition) is 4. The first-order chi connectivity index (χ1) is 11.2. The van der Waals surface area contributed by atoms with Gasteiger partial charge in [0.15, 0.2) is 0 Å². The first-order valence-electron chi connectivity index (χ1n) is 7.88. The van der Waals surface area contributed by atoms with Crippen molar-refractivity contribution in [2.45, 2.75) is 20.4 Å². The van der Waals surface area contributed by atoms with Crippen LogP contribution in [0.3, 0.4) is 0 Å². The van der Waals surface area contributed by atoms with E-state index in [9.17, 15) is 0 Å². The van der Waals surface area contributed by atoms with E-state index in [2.05, 4.69) is 48.1 Å². The Kier molecular flexibility index (Phi) is 4.94. The van der Waals surface area contributed by atoms with Gasteiger partial charge < -0.3 is 10.1 Å². The van der Waals surface area contributed by atoms with Crippen LogP contribution in [-0.2, 0) is 6.54 Å². The van der Waals surface area contributed by atoms with E-state index in [-0.39, 0.29) is 0 Å². The van der Waals surface area contributed by atoms with Crippen molar-refractivity contribution in [2.75, 3.05) is 13.7 Å². The Labute approximate surface area is 141 Å². The molecule has 1 aromatic carbocycles. The summed E-state index contributed by atoms with van der Waals surface area (Å²) in [6.45, 7) is 6.28. The molecule has 4 heteroatoms. The van der Waals surface area contributed by atoms with Crippen LogP contribution in [0.25, 0.3) is 22.2 Å². The lowest BCUT2D eigenvalue weighted by Crippen LogP contribution is -2.19. The minimum Gasteiger partial charge on any atom is -0.497 e. The van der Waals surface area contributed by atoms with Crippen molar-refractivity contribution in [2.24, 2.45) is 5.92 Å². The van der Waals surface area contributed by atoms with Gasteiger partial charge in [0.1, 0.15) is 5.75 Å². The number of ether oxygens (including phenoxy) is 1. The molecule has 0 fully saturated rings. The highest BCUT2D eigenvalue weighted by Crippen LogP contribution is 2.29. The van der Waals surface area contributed by atoms with E-state index in [0.717, 1.165) is 35.4 Å². The zero-order chi connectivity index (χ0) is 16.2. The van der Waals surface area contributed by atoms with E-state index in [1.807, 2.05) is 12.1 Å². The molecule has 0 atom stereocenters. The zero-order valence-corrected chi connectivity index (χ0v) is 14.6. The number of fused-ring (bicyclic) bond motifs is 1. The van der Waals surface area contributed by atoms with Crippen LogP contribution in [0.4, 0.5) is 0 Å². The summed E-state index contributed by atoms with van der Waals surface area (Å²) >= 11 is 1.70. The van der Waals surface area contributed by atoms with Crippen molar-refractivity contribution in [1.82, 2.24) is 10.3 Å². The van der Waals surface area contributed by atoms with Gasteiger partial charge in [0, 0.05) is 28.9 Å². The molecule has 0 bridgehead atoms. The molecule has 0 radical (unpaired) electrons. The van der Waals surface area contributed by atoms with E-state index in [1.165, 1.54) is 11.1 Å². The lowest BCUT2D eigenvalue weighted by Gasteiger charge is -2.13. The summed E-state index contributed by atoms with van der Waals surface area (Å²) in [7, 11) is 1.69. The van der Waals surface area contributed by atoms with Crippen LogP contribution in [0.15, 0.2) is 41.1 Å².